The fraction of sp³-hybridized carbons (Fsp3) is 0.333. The molecular weight excluding hydrogens is 376 g/mol. The Labute approximate surface area is 177 Å². The molecule has 30 heavy (non-hydrogen) atoms. The molecule has 6 nitrogen and oxygen atoms in total. The number of rotatable bonds is 9. The van der Waals surface area contributed by atoms with Crippen molar-refractivity contribution in [2.45, 2.75) is 46.5 Å². The van der Waals surface area contributed by atoms with Gasteiger partial charge in [0.15, 0.2) is 5.82 Å². The highest BCUT2D eigenvalue weighted by Gasteiger charge is 2.11. The molecule has 1 amide bonds. The maximum absolute atomic E-state index is 11.2. The Bertz CT molecular complexity index is 970. The van der Waals surface area contributed by atoms with E-state index in [0.717, 1.165) is 35.4 Å². The van der Waals surface area contributed by atoms with Crippen LogP contribution in [-0.4, -0.2) is 27.7 Å². The molecule has 0 bridgehead atoms. The number of carbonyl (C=O) groups is 1. The van der Waals surface area contributed by atoms with E-state index in [1.165, 1.54) is 25.3 Å². The van der Waals surface area contributed by atoms with Crippen LogP contribution in [0.2, 0.25) is 0 Å². The van der Waals surface area contributed by atoms with E-state index in [1.54, 1.807) is 6.20 Å². The Kier molecular flexibility index (Phi) is 7.49. The zero-order valence-corrected chi connectivity index (χ0v) is 17.8. The van der Waals surface area contributed by atoms with Gasteiger partial charge in [0.05, 0.1) is 12.8 Å². The quantitative estimate of drug-likeness (QED) is 0.490. The average Bonchev–Trinajstić information content (AvgIpc) is 2.75. The Morgan fingerprint density at radius 3 is 2.47 bits per heavy atom. The molecule has 0 radical (unpaired) electrons. The van der Waals surface area contributed by atoms with Crippen LogP contribution in [0.25, 0.3) is 22.6 Å². The fourth-order valence-electron chi connectivity index (χ4n) is 3.28. The van der Waals surface area contributed by atoms with Crippen LogP contribution in [0.5, 0.6) is 5.75 Å². The van der Waals surface area contributed by atoms with Crippen LogP contribution in [0, 0.1) is 0 Å². The van der Waals surface area contributed by atoms with Crippen LogP contribution in [-0.2, 0) is 11.2 Å². The monoisotopic (exact) mass is 404 g/mol. The number of aromatic nitrogens is 3. The fourth-order valence-corrected chi connectivity index (χ4v) is 3.28. The molecule has 0 aliphatic carbocycles. The van der Waals surface area contributed by atoms with Gasteiger partial charge in [-0.1, -0.05) is 31.9 Å². The van der Waals surface area contributed by atoms with Crippen molar-refractivity contribution in [3.8, 4) is 28.4 Å². The molecule has 2 aromatic carbocycles. The standard InChI is InChI=1S/C24H28N4O2/c1-4-6-7-8-19-15-21(30-5-2)13-14-22(19)24-25-16-23(27-28-24)18-9-11-20(12-10-18)26-17(3)29/h9-16H,4-8H2,1-3H3,(H,26,29). The van der Waals surface area contributed by atoms with Gasteiger partial charge in [-0.25, -0.2) is 4.98 Å². The topological polar surface area (TPSA) is 77.0 Å². The van der Waals surface area contributed by atoms with Gasteiger partial charge < -0.3 is 10.1 Å². The summed E-state index contributed by atoms with van der Waals surface area (Å²) in [5.74, 6) is 1.39. The number of anilines is 1. The molecule has 0 unspecified atom stereocenters. The second kappa shape index (κ2) is 10.5. The number of unbranched alkanes of at least 4 members (excludes halogenated alkanes) is 2. The summed E-state index contributed by atoms with van der Waals surface area (Å²) in [4.78, 5) is 15.7. The van der Waals surface area contributed by atoms with Gasteiger partial charge in [-0.15, -0.1) is 10.2 Å². The average molecular weight is 405 g/mol. The summed E-state index contributed by atoms with van der Waals surface area (Å²) in [7, 11) is 0. The van der Waals surface area contributed by atoms with Gasteiger partial charge in [0.2, 0.25) is 5.91 Å². The summed E-state index contributed by atoms with van der Waals surface area (Å²) >= 11 is 0. The van der Waals surface area contributed by atoms with Crippen molar-refractivity contribution in [2.24, 2.45) is 0 Å². The van der Waals surface area contributed by atoms with Crippen molar-refractivity contribution in [2.75, 3.05) is 11.9 Å². The SMILES string of the molecule is CCCCCc1cc(OCC)ccc1-c1ncc(-c2ccc(NC(C)=O)cc2)nn1. The van der Waals surface area contributed by atoms with Crippen LogP contribution >= 0.6 is 0 Å². The van der Waals surface area contributed by atoms with Crippen molar-refractivity contribution in [3.05, 3.63) is 54.2 Å². The van der Waals surface area contributed by atoms with Crippen LogP contribution in [0.3, 0.4) is 0 Å². The number of carbonyl (C=O) groups excluding carboxylic acids is 1. The number of hydrogen-bond donors (Lipinski definition) is 1. The molecule has 0 fully saturated rings. The first-order valence-corrected chi connectivity index (χ1v) is 10.4. The predicted octanol–water partition coefficient (Wildman–Crippen LogP) is 5.30. The highest BCUT2D eigenvalue weighted by atomic mass is 16.5. The number of benzene rings is 2. The lowest BCUT2D eigenvalue weighted by Gasteiger charge is -2.11. The molecule has 0 aliphatic heterocycles. The normalized spacial score (nSPS) is 10.6. The van der Waals surface area contributed by atoms with E-state index in [-0.39, 0.29) is 5.91 Å². The Balaban J connectivity index is 1.83. The van der Waals surface area contributed by atoms with Gasteiger partial charge >= 0.3 is 0 Å². The maximum Gasteiger partial charge on any atom is 0.221 e. The molecule has 0 saturated heterocycles. The van der Waals surface area contributed by atoms with E-state index in [1.807, 2.05) is 43.3 Å². The number of hydrogen-bond acceptors (Lipinski definition) is 5. The molecule has 1 N–H and O–H groups in total. The Morgan fingerprint density at radius 2 is 1.83 bits per heavy atom. The highest BCUT2D eigenvalue weighted by Crippen LogP contribution is 2.27. The lowest BCUT2D eigenvalue weighted by atomic mass is 10.0. The van der Waals surface area contributed by atoms with Crippen molar-refractivity contribution in [3.63, 3.8) is 0 Å². The minimum atomic E-state index is -0.0985. The molecule has 6 heteroatoms. The predicted molar refractivity (Wildman–Crippen MR) is 119 cm³/mol. The molecule has 156 valence electrons. The Hall–Kier alpha value is -3.28. The van der Waals surface area contributed by atoms with Crippen LogP contribution in [0.1, 0.15) is 45.6 Å². The summed E-state index contributed by atoms with van der Waals surface area (Å²) in [5, 5.41) is 11.5. The first-order chi connectivity index (χ1) is 14.6. The van der Waals surface area contributed by atoms with Crippen molar-refractivity contribution >= 4 is 11.6 Å². The molecule has 0 aliphatic rings. The third-order valence-electron chi connectivity index (χ3n) is 4.74. The largest absolute Gasteiger partial charge is 0.494 e. The third-order valence-corrected chi connectivity index (χ3v) is 4.74. The Morgan fingerprint density at radius 1 is 1.03 bits per heavy atom. The van der Waals surface area contributed by atoms with Gasteiger partial charge in [0.25, 0.3) is 0 Å². The van der Waals surface area contributed by atoms with E-state index in [2.05, 4.69) is 33.5 Å². The first-order valence-electron chi connectivity index (χ1n) is 10.4. The summed E-state index contributed by atoms with van der Waals surface area (Å²) < 4.78 is 5.67. The van der Waals surface area contributed by atoms with Crippen LogP contribution in [0.4, 0.5) is 5.69 Å². The van der Waals surface area contributed by atoms with Crippen molar-refractivity contribution in [1.82, 2.24) is 15.2 Å². The van der Waals surface area contributed by atoms with Crippen molar-refractivity contribution in [1.29, 1.82) is 0 Å². The minimum Gasteiger partial charge on any atom is -0.494 e. The first kappa shape index (κ1) is 21.4. The molecular formula is C24H28N4O2. The molecule has 0 saturated carbocycles. The van der Waals surface area contributed by atoms with Crippen LogP contribution < -0.4 is 10.1 Å². The van der Waals surface area contributed by atoms with Gasteiger partial charge in [-0.2, -0.15) is 0 Å². The third kappa shape index (κ3) is 5.63. The van der Waals surface area contributed by atoms with Gasteiger partial charge in [0.1, 0.15) is 11.4 Å². The maximum atomic E-state index is 11.2. The van der Waals surface area contributed by atoms with Gasteiger partial charge in [-0.3, -0.25) is 4.79 Å². The molecule has 0 atom stereocenters. The minimum absolute atomic E-state index is 0.0985. The number of ether oxygens (including phenoxy) is 1. The van der Waals surface area contributed by atoms with Crippen LogP contribution in [0.15, 0.2) is 48.7 Å². The zero-order valence-electron chi connectivity index (χ0n) is 17.8. The van der Waals surface area contributed by atoms with Crippen molar-refractivity contribution < 1.29 is 9.53 Å². The molecule has 0 spiro atoms. The lowest BCUT2D eigenvalue weighted by molar-refractivity contribution is -0.114. The number of nitrogens with one attached hydrogen (secondary N) is 1. The molecule has 1 aromatic heterocycles. The van der Waals surface area contributed by atoms with Gasteiger partial charge in [0, 0.05) is 23.7 Å². The van der Waals surface area contributed by atoms with E-state index < -0.39 is 0 Å². The van der Waals surface area contributed by atoms with E-state index in [4.69, 9.17) is 4.74 Å². The number of amides is 1. The smallest absolute Gasteiger partial charge is 0.221 e. The second-order valence-corrected chi connectivity index (χ2v) is 7.13. The van der Waals surface area contributed by atoms with E-state index in [0.29, 0.717) is 18.1 Å². The number of nitrogens with zero attached hydrogens (tertiary/aromatic N) is 3. The molecule has 1 heterocycles. The lowest BCUT2D eigenvalue weighted by Crippen LogP contribution is -2.05. The van der Waals surface area contributed by atoms with Gasteiger partial charge in [-0.05, 0) is 55.7 Å². The number of aryl methyl sites for hydroxylation is 1. The summed E-state index contributed by atoms with van der Waals surface area (Å²) in [5.41, 5.74) is 4.50. The second-order valence-electron chi connectivity index (χ2n) is 7.13. The summed E-state index contributed by atoms with van der Waals surface area (Å²) in [6.07, 6.45) is 6.17. The van der Waals surface area contributed by atoms with E-state index in [9.17, 15) is 4.79 Å². The summed E-state index contributed by atoms with van der Waals surface area (Å²) in [6.45, 7) is 6.31. The van der Waals surface area contributed by atoms with E-state index >= 15 is 0 Å². The molecule has 3 rings (SSSR count). The highest BCUT2D eigenvalue weighted by molar-refractivity contribution is 5.88. The zero-order chi connectivity index (χ0) is 21.3. The summed E-state index contributed by atoms with van der Waals surface area (Å²) in [6, 6.07) is 13.5. The molecule has 3 aromatic rings.